The largest absolute Gasteiger partial charge is 0.452 e. The van der Waals surface area contributed by atoms with Crippen molar-refractivity contribution in [3.05, 3.63) is 68.4 Å². The molecule has 28 heavy (non-hydrogen) atoms. The molecule has 0 saturated carbocycles. The topological polar surface area (TPSA) is 127 Å². The average Bonchev–Trinajstić information content (AvgIpc) is 2.63. The van der Waals surface area contributed by atoms with Gasteiger partial charge in [-0.2, -0.15) is 0 Å². The van der Waals surface area contributed by atoms with E-state index in [1.807, 2.05) is 6.07 Å². The minimum atomic E-state index is -0.807. The Kier molecular flexibility index (Phi) is 6.54. The number of hydrogen-bond acceptors (Lipinski definition) is 6. The van der Waals surface area contributed by atoms with Gasteiger partial charge in [0, 0.05) is 13.1 Å². The molecule has 0 unspecified atom stereocenters. The van der Waals surface area contributed by atoms with Crippen molar-refractivity contribution < 1.29 is 14.3 Å². The van der Waals surface area contributed by atoms with Crippen molar-refractivity contribution in [1.82, 2.24) is 9.55 Å². The number of anilines is 2. The summed E-state index contributed by atoms with van der Waals surface area (Å²) in [6.07, 6.45) is 1.24. The number of benzene rings is 1. The summed E-state index contributed by atoms with van der Waals surface area (Å²) in [6.45, 7) is 2.97. The highest BCUT2D eigenvalue weighted by molar-refractivity contribution is 5.97. The van der Waals surface area contributed by atoms with Gasteiger partial charge in [-0.15, -0.1) is 0 Å². The highest BCUT2D eigenvalue weighted by atomic mass is 16.5. The second-order valence-electron chi connectivity index (χ2n) is 6.35. The van der Waals surface area contributed by atoms with Crippen molar-refractivity contribution in [2.45, 2.75) is 20.4 Å². The van der Waals surface area contributed by atoms with E-state index < -0.39 is 29.7 Å². The number of aromatic amines is 1. The number of nitrogen functional groups attached to an aromatic ring is 1. The van der Waals surface area contributed by atoms with Gasteiger partial charge >= 0.3 is 11.7 Å². The van der Waals surface area contributed by atoms with Gasteiger partial charge in [0.25, 0.3) is 11.5 Å². The van der Waals surface area contributed by atoms with Gasteiger partial charge in [-0.1, -0.05) is 35.9 Å². The Morgan fingerprint density at radius 1 is 1.21 bits per heavy atom. The Bertz CT molecular complexity index is 1020. The van der Waals surface area contributed by atoms with Gasteiger partial charge in [-0.25, -0.2) is 9.59 Å². The first kappa shape index (κ1) is 20.7. The van der Waals surface area contributed by atoms with Gasteiger partial charge in [0.1, 0.15) is 5.82 Å². The lowest BCUT2D eigenvalue weighted by atomic mass is 10.2. The van der Waals surface area contributed by atoms with Crippen LogP contribution in [-0.2, 0) is 20.9 Å². The normalized spacial score (nSPS) is 10.2. The van der Waals surface area contributed by atoms with Crippen LogP contribution in [0.3, 0.4) is 0 Å². The first-order chi connectivity index (χ1) is 13.2. The maximum Gasteiger partial charge on any atom is 0.331 e. The number of H-pyrrole nitrogens is 1. The molecule has 0 saturated heterocycles. The summed E-state index contributed by atoms with van der Waals surface area (Å²) in [7, 11) is 1.31. The second-order valence-corrected chi connectivity index (χ2v) is 6.35. The molecule has 148 valence electrons. The van der Waals surface area contributed by atoms with Crippen molar-refractivity contribution in [3.63, 3.8) is 0 Å². The Hall–Kier alpha value is -3.62. The number of esters is 1. The predicted octanol–water partition coefficient (Wildman–Crippen LogP) is 0.639. The molecule has 0 radical (unpaired) electrons. The Morgan fingerprint density at radius 2 is 1.86 bits per heavy atom. The number of rotatable bonds is 6. The molecule has 9 nitrogen and oxygen atoms in total. The van der Waals surface area contributed by atoms with Crippen LogP contribution >= 0.6 is 0 Å². The van der Waals surface area contributed by atoms with E-state index >= 15 is 0 Å². The Morgan fingerprint density at radius 3 is 2.46 bits per heavy atom. The van der Waals surface area contributed by atoms with Crippen LogP contribution in [0.4, 0.5) is 11.5 Å². The van der Waals surface area contributed by atoms with E-state index in [-0.39, 0.29) is 18.1 Å². The van der Waals surface area contributed by atoms with Crippen molar-refractivity contribution in [2.75, 3.05) is 24.3 Å². The zero-order valence-corrected chi connectivity index (χ0v) is 15.9. The van der Waals surface area contributed by atoms with Gasteiger partial charge < -0.3 is 15.4 Å². The third kappa shape index (κ3) is 4.97. The maximum atomic E-state index is 12.3. The third-order valence-corrected chi connectivity index (χ3v) is 3.85. The monoisotopic (exact) mass is 386 g/mol. The van der Waals surface area contributed by atoms with Gasteiger partial charge in [-0.05, 0) is 19.4 Å². The summed E-state index contributed by atoms with van der Waals surface area (Å²) in [5.41, 5.74) is 5.85. The van der Waals surface area contributed by atoms with E-state index in [1.54, 1.807) is 38.1 Å². The first-order valence-electron chi connectivity index (χ1n) is 8.45. The van der Waals surface area contributed by atoms with E-state index in [1.165, 1.54) is 13.1 Å². The molecule has 3 N–H and O–H groups in total. The maximum absolute atomic E-state index is 12.3. The number of hydrogen-bond donors (Lipinski definition) is 2. The SMILES string of the molecule is CC(C)=CC(=O)OCC(=O)N(C)c1c(N)n(Cc2ccccc2)c(=O)[nH]c1=O. The van der Waals surface area contributed by atoms with Crippen molar-refractivity contribution >= 4 is 23.4 Å². The van der Waals surface area contributed by atoms with Gasteiger partial charge in [0.15, 0.2) is 12.3 Å². The summed E-state index contributed by atoms with van der Waals surface area (Å²) < 4.78 is 6.02. The first-order valence-corrected chi connectivity index (χ1v) is 8.45. The molecule has 0 aliphatic carbocycles. The van der Waals surface area contributed by atoms with Gasteiger partial charge in [0.05, 0.1) is 6.54 Å². The second kappa shape index (κ2) is 8.85. The van der Waals surface area contributed by atoms with Crippen LogP contribution in [-0.4, -0.2) is 35.1 Å². The summed E-state index contributed by atoms with van der Waals surface area (Å²) >= 11 is 0. The van der Waals surface area contributed by atoms with E-state index in [9.17, 15) is 19.2 Å². The van der Waals surface area contributed by atoms with Crippen molar-refractivity contribution in [1.29, 1.82) is 0 Å². The highest BCUT2D eigenvalue weighted by Crippen LogP contribution is 2.16. The van der Waals surface area contributed by atoms with E-state index in [4.69, 9.17) is 10.5 Å². The average molecular weight is 386 g/mol. The number of likely N-dealkylation sites (N-methyl/N-ethyl adjacent to an activating group) is 1. The fourth-order valence-corrected chi connectivity index (χ4v) is 2.46. The highest BCUT2D eigenvalue weighted by Gasteiger charge is 2.21. The van der Waals surface area contributed by atoms with E-state index in [0.29, 0.717) is 0 Å². The van der Waals surface area contributed by atoms with Crippen LogP contribution in [0.15, 0.2) is 51.6 Å². The number of aromatic nitrogens is 2. The molecule has 1 aromatic carbocycles. The molecular formula is C19H22N4O5. The standard InChI is InChI=1S/C19H22N4O5/c1-12(2)9-15(25)28-11-14(24)22(3)16-17(20)23(19(27)21-18(16)26)10-13-7-5-4-6-8-13/h4-9H,10-11,20H2,1-3H3,(H,21,26,27). The minimum Gasteiger partial charge on any atom is -0.452 e. The van der Waals surface area contributed by atoms with Crippen LogP contribution in [0, 0.1) is 0 Å². The molecule has 0 bridgehead atoms. The number of nitrogens with two attached hydrogens (primary N) is 1. The number of carbonyl (C=O) groups is 2. The molecule has 0 spiro atoms. The Labute approximate surface area is 161 Å². The fourth-order valence-electron chi connectivity index (χ4n) is 2.46. The van der Waals surface area contributed by atoms with Crippen LogP contribution in [0.5, 0.6) is 0 Å². The lowest BCUT2D eigenvalue weighted by molar-refractivity contribution is -0.142. The van der Waals surface area contributed by atoms with Crippen molar-refractivity contribution in [3.8, 4) is 0 Å². The number of ether oxygens (including phenoxy) is 1. The van der Waals surface area contributed by atoms with Crippen molar-refractivity contribution in [2.24, 2.45) is 0 Å². The van der Waals surface area contributed by atoms with Gasteiger partial charge in [-0.3, -0.25) is 19.1 Å². The van der Waals surface area contributed by atoms with E-state index in [2.05, 4.69) is 4.98 Å². The van der Waals surface area contributed by atoms with Crippen LogP contribution in [0.25, 0.3) is 0 Å². The Balaban J connectivity index is 2.29. The molecule has 1 aromatic heterocycles. The molecule has 1 amide bonds. The van der Waals surface area contributed by atoms with E-state index in [0.717, 1.165) is 20.6 Å². The molecule has 1 heterocycles. The number of amides is 1. The molecule has 0 aliphatic rings. The summed E-state index contributed by atoms with van der Waals surface area (Å²) in [6, 6.07) is 9.04. The summed E-state index contributed by atoms with van der Waals surface area (Å²) in [5.74, 6) is -1.50. The zero-order chi connectivity index (χ0) is 20.8. The van der Waals surface area contributed by atoms with Crippen LogP contribution < -0.4 is 21.9 Å². The molecule has 0 atom stereocenters. The quantitative estimate of drug-likeness (QED) is 0.554. The minimum absolute atomic E-state index is 0.118. The third-order valence-electron chi connectivity index (χ3n) is 3.85. The number of nitrogens with zero attached hydrogens (tertiary/aromatic N) is 2. The zero-order valence-electron chi connectivity index (χ0n) is 15.9. The summed E-state index contributed by atoms with van der Waals surface area (Å²) in [5, 5.41) is 0. The smallest absolute Gasteiger partial charge is 0.331 e. The molecule has 0 aliphatic heterocycles. The lowest BCUT2D eigenvalue weighted by Crippen LogP contribution is -2.40. The molecular weight excluding hydrogens is 364 g/mol. The predicted molar refractivity (Wildman–Crippen MR) is 105 cm³/mol. The summed E-state index contributed by atoms with van der Waals surface area (Å²) in [4.78, 5) is 51.4. The van der Waals surface area contributed by atoms with Crippen LogP contribution in [0.1, 0.15) is 19.4 Å². The fraction of sp³-hybridized carbons (Fsp3) is 0.263. The molecule has 0 fully saturated rings. The number of allylic oxidation sites excluding steroid dienone is 1. The number of carbonyl (C=O) groups excluding carboxylic acids is 2. The molecule has 2 aromatic rings. The lowest BCUT2D eigenvalue weighted by Gasteiger charge is -2.20. The van der Waals surface area contributed by atoms with Crippen LogP contribution in [0.2, 0.25) is 0 Å². The van der Waals surface area contributed by atoms with Gasteiger partial charge in [0.2, 0.25) is 0 Å². The number of nitrogens with one attached hydrogen (secondary N) is 1. The molecule has 9 heteroatoms. The molecule has 2 rings (SSSR count).